The fourth-order valence-corrected chi connectivity index (χ4v) is 6.64. The van der Waals surface area contributed by atoms with Crippen molar-refractivity contribution in [2.24, 2.45) is 11.8 Å². The molecule has 186 valence electrons. The van der Waals surface area contributed by atoms with Crippen LogP contribution in [0, 0.1) is 15.4 Å². The molecule has 2 N–H and O–H groups in total. The zero-order chi connectivity index (χ0) is 25.2. The molecule has 4 aromatic rings. The van der Waals surface area contributed by atoms with Gasteiger partial charge in [0.15, 0.2) is 5.78 Å². The van der Waals surface area contributed by atoms with E-state index in [-0.39, 0.29) is 5.78 Å². The number of aromatic nitrogens is 1. The SMILES string of the molecule is CI(C)c1ccc2nc(Nc3ccc(-c4ccc(C(=O)[C@@H]5CCCC[C@H]5C(=O)O)cc4)cc3)oc2c1. The molecule has 1 aliphatic carbocycles. The number of hydrogen-bond donors (Lipinski definition) is 2. The molecule has 1 saturated carbocycles. The Labute approximate surface area is 217 Å². The number of carboxylic acid groups (broad SMARTS) is 1. The van der Waals surface area contributed by atoms with E-state index >= 15 is 0 Å². The number of fused-ring (bicyclic) bond motifs is 1. The number of benzene rings is 3. The second kappa shape index (κ2) is 10.4. The normalized spacial score (nSPS) is 18.1. The van der Waals surface area contributed by atoms with Gasteiger partial charge in [0.05, 0.1) is 5.92 Å². The van der Waals surface area contributed by atoms with E-state index in [1.165, 1.54) is 3.57 Å². The van der Waals surface area contributed by atoms with E-state index in [1.807, 2.05) is 54.6 Å². The molecule has 1 aliphatic rings. The molecule has 1 fully saturated rings. The van der Waals surface area contributed by atoms with Crippen LogP contribution in [0.4, 0.5) is 11.7 Å². The number of alkyl halides is 2. The van der Waals surface area contributed by atoms with Gasteiger partial charge in [-0.15, -0.1) is 0 Å². The molecule has 2 atom stereocenters. The molecule has 0 amide bonds. The van der Waals surface area contributed by atoms with Crippen LogP contribution in [0.15, 0.2) is 71.1 Å². The Morgan fingerprint density at radius 3 is 2.19 bits per heavy atom. The van der Waals surface area contributed by atoms with E-state index in [4.69, 9.17) is 4.42 Å². The summed E-state index contributed by atoms with van der Waals surface area (Å²) in [6.07, 6.45) is 3.00. The molecule has 0 radical (unpaired) electrons. The third kappa shape index (κ3) is 5.16. The van der Waals surface area contributed by atoms with Gasteiger partial charge in [-0.1, -0.05) is 25.0 Å². The number of halogens is 1. The van der Waals surface area contributed by atoms with Gasteiger partial charge in [0, 0.05) is 11.5 Å². The average Bonchev–Trinajstić information content (AvgIpc) is 3.30. The number of nitrogens with zero attached hydrogens (tertiary/aromatic N) is 1. The van der Waals surface area contributed by atoms with Gasteiger partial charge in [-0.2, -0.15) is 0 Å². The first-order valence-electron chi connectivity index (χ1n) is 12.0. The van der Waals surface area contributed by atoms with Gasteiger partial charge in [0.1, 0.15) is 0 Å². The summed E-state index contributed by atoms with van der Waals surface area (Å²) in [5, 5.41) is 12.8. The van der Waals surface area contributed by atoms with E-state index in [0.717, 1.165) is 40.8 Å². The first-order chi connectivity index (χ1) is 17.4. The average molecular weight is 596 g/mol. The van der Waals surface area contributed by atoms with Gasteiger partial charge >= 0.3 is 142 Å². The van der Waals surface area contributed by atoms with Gasteiger partial charge in [0.25, 0.3) is 0 Å². The van der Waals surface area contributed by atoms with Crippen LogP contribution in [0.5, 0.6) is 0 Å². The number of rotatable bonds is 7. The molecule has 0 bridgehead atoms. The molecular weight excluding hydrogens is 567 g/mol. The summed E-state index contributed by atoms with van der Waals surface area (Å²) in [4.78, 5) is 33.8. The Bertz CT molecular complexity index is 1390. The number of oxazole rings is 1. The van der Waals surface area contributed by atoms with E-state index in [1.54, 1.807) is 0 Å². The summed E-state index contributed by atoms with van der Waals surface area (Å²) in [5.41, 5.74) is 5.10. The Hall–Kier alpha value is -3.20. The van der Waals surface area contributed by atoms with E-state index in [2.05, 4.69) is 32.3 Å². The number of ketones is 1. The van der Waals surface area contributed by atoms with Gasteiger partial charge in [-0.3, -0.25) is 9.59 Å². The number of carboxylic acids is 1. The Morgan fingerprint density at radius 1 is 0.917 bits per heavy atom. The minimum absolute atomic E-state index is 0.0605. The molecular formula is C29H29IN2O4. The third-order valence-electron chi connectivity index (χ3n) is 6.85. The number of nitrogens with one attached hydrogen (secondary N) is 1. The van der Waals surface area contributed by atoms with Crippen molar-refractivity contribution >= 4 is 54.4 Å². The number of carbonyl (C=O) groups is 2. The topological polar surface area (TPSA) is 92.4 Å². The van der Waals surface area contributed by atoms with Crippen molar-refractivity contribution in [3.05, 3.63) is 75.9 Å². The molecule has 7 heteroatoms. The number of Topliss-reactive ketones (excluding diaryl/α,β-unsaturated/α-hetero) is 1. The van der Waals surface area contributed by atoms with Gasteiger partial charge in [-0.25, -0.2) is 0 Å². The fraction of sp³-hybridized carbons (Fsp3) is 0.276. The predicted octanol–water partition coefficient (Wildman–Crippen LogP) is 7.25. The number of aliphatic carboxylic acids is 1. The Morgan fingerprint density at radius 2 is 1.56 bits per heavy atom. The maximum absolute atomic E-state index is 13.0. The molecule has 0 aliphatic heterocycles. The number of carbonyl (C=O) groups excluding carboxylic acids is 1. The molecule has 1 aromatic heterocycles. The second-order valence-electron chi connectivity index (χ2n) is 9.37. The first-order valence-corrected chi connectivity index (χ1v) is 17.4. The minimum atomic E-state index is -1.08. The number of hydrogen-bond acceptors (Lipinski definition) is 5. The van der Waals surface area contributed by atoms with Crippen molar-refractivity contribution in [1.29, 1.82) is 0 Å². The van der Waals surface area contributed by atoms with Crippen LogP contribution in [0.25, 0.3) is 22.2 Å². The van der Waals surface area contributed by atoms with Gasteiger partial charge in [0.2, 0.25) is 0 Å². The van der Waals surface area contributed by atoms with Crippen LogP contribution >= 0.6 is 19.8 Å². The van der Waals surface area contributed by atoms with Gasteiger partial charge in [-0.05, 0) is 12.8 Å². The quantitative estimate of drug-likeness (QED) is 0.133. The van der Waals surface area contributed by atoms with Gasteiger partial charge < -0.3 is 5.11 Å². The van der Waals surface area contributed by atoms with E-state index in [0.29, 0.717) is 24.4 Å². The predicted molar refractivity (Wildman–Crippen MR) is 151 cm³/mol. The standard InChI is InChI=1S/C29H29IN2O4/c1-30(2)21-13-16-25-26(17-21)36-29(32-25)31-22-14-11-19(12-15-22)18-7-9-20(10-8-18)27(33)23-5-3-4-6-24(23)28(34)35/h7-17,23-24H,3-6H2,1-2H3,(H,31,32)(H,34,35)/t23-,24-/m1/s1. The van der Waals surface area contributed by atoms with Crippen molar-refractivity contribution in [3.63, 3.8) is 0 Å². The summed E-state index contributed by atoms with van der Waals surface area (Å²) in [6, 6.07) is 22.1. The number of anilines is 2. The van der Waals surface area contributed by atoms with Crippen molar-refractivity contribution in [2.75, 3.05) is 15.2 Å². The van der Waals surface area contributed by atoms with Crippen LogP contribution in [-0.4, -0.2) is 31.7 Å². The molecule has 1 heterocycles. The molecule has 0 unspecified atom stereocenters. The van der Waals surface area contributed by atoms with Crippen molar-refractivity contribution in [3.8, 4) is 11.1 Å². The van der Waals surface area contributed by atoms with E-state index < -0.39 is 37.6 Å². The zero-order valence-electron chi connectivity index (χ0n) is 20.3. The summed E-state index contributed by atoms with van der Waals surface area (Å²) in [5.74, 6) is -1.93. The van der Waals surface area contributed by atoms with Crippen LogP contribution in [-0.2, 0) is 4.79 Å². The maximum atomic E-state index is 13.0. The zero-order valence-corrected chi connectivity index (χ0v) is 22.5. The van der Waals surface area contributed by atoms with Crippen LogP contribution in [0.1, 0.15) is 36.0 Å². The second-order valence-corrected chi connectivity index (χ2v) is 14.9. The Kier molecular flexibility index (Phi) is 7.09. The van der Waals surface area contributed by atoms with Crippen LogP contribution in [0.2, 0.25) is 0 Å². The van der Waals surface area contributed by atoms with Crippen molar-refractivity contribution in [2.45, 2.75) is 25.7 Å². The monoisotopic (exact) mass is 596 g/mol. The third-order valence-corrected chi connectivity index (χ3v) is 10.0. The fourth-order valence-electron chi connectivity index (χ4n) is 4.84. The molecule has 36 heavy (non-hydrogen) atoms. The molecule has 3 aromatic carbocycles. The molecule has 0 spiro atoms. The molecule has 6 nitrogen and oxygen atoms in total. The van der Waals surface area contributed by atoms with Crippen molar-refractivity contribution < 1.29 is 19.1 Å². The van der Waals surface area contributed by atoms with Crippen molar-refractivity contribution in [1.82, 2.24) is 4.98 Å². The molecule has 5 rings (SSSR count). The Balaban J connectivity index is 1.28. The first kappa shape index (κ1) is 24.5. The summed E-state index contributed by atoms with van der Waals surface area (Å²) >= 11 is -1.08. The van der Waals surface area contributed by atoms with Crippen LogP contribution in [0.3, 0.4) is 0 Å². The van der Waals surface area contributed by atoms with E-state index in [9.17, 15) is 14.7 Å². The van der Waals surface area contributed by atoms with Crippen LogP contribution < -0.4 is 5.32 Å². The summed E-state index contributed by atoms with van der Waals surface area (Å²) < 4.78 is 7.29. The molecule has 0 saturated heterocycles. The summed E-state index contributed by atoms with van der Waals surface area (Å²) in [6.45, 7) is 0. The summed E-state index contributed by atoms with van der Waals surface area (Å²) in [7, 11) is 0.